The van der Waals surface area contributed by atoms with Crippen molar-refractivity contribution in [3.8, 4) is 11.1 Å². The number of hydrogen-bond donors (Lipinski definition) is 0. The molecule has 1 aromatic heterocycles. The van der Waals surface area contributed by atoms with Gasteiger partial charge in [-0.3, -0.25) is 4.90 Å². The highest BCUT2D eigenvalue weighted by molar-refractivity contribution is 5.92. The molecule has 0 saturated carbocycles. The number of fused-ring (bicyclic) bond motifs is 2. The Bertz CT molecular complexity index is 1140. The van der Waals surface area contributed by atoms with Crippen LogP contribution in [0.3, 0.4) is 0 Å². The standard InChI is InChI=1S/C23H23NO4/c1-14-11-21(25)27-20-13-16(5-7-18(14)20)15-6-8-19-17(12-15)9-10-24(19)22(26)28-23(2,3)4/h5-8,11-13H,9-10H2,1-4H3. The van der Waals surface area contributed by atoms with E-state index >= 15 is 0 Å². The van der Waals surface area contributed by atoms with Crippen molar-refractivity contribution in [2.24, 2.45) is 0 Å². The fourth-order valence-corrected chi connectivity index (χ4v) is 3.59. The fourth-order valence-electron chi connectivity index (χ4n) is 3.59. The van der Waals surface area contributed by atoms with E-state index in [0.717, 1.165) is 39.7 Å². The minimum absolute atomic E-state index is 0.318. The van der Waals surface area contributed by atoms with E-state index in [1.54, 1.807) is 4.90 Å². The zero-order valence-corrected chi connectivity index (χ0v) is 16.5. The van der Waals surface area contributed by atoms with Crippen molar-refractivity contribution >= 4 is 22.7 Å². The normalized spacial score (nSPS) is 13.6. The van der Waals surface area contributed by atoms with E-state index in [-0.39, 0.29) is 11.7 Å². The molecule has 4 rings (SSSR count). The highest BCUT2D eigenvalue weighted by Crippen LogP contribution is 2.34. The maximum absolute atomic E-state index is 12.5. The summed E-state index contributed by atoms with van der Waals surface area (Å²) in [6, 6.07) is 13.4. The van der Waals surface area contributed by atoms with E-state index in [1.165, 1.54) is 6.07 Å². The molecule has 0 bridgehead atoms. The number of benzene rings is 2. The van der Waals surface area contributed by atoms with Crippen LogP contribution in [0.25, 0.3) is 22.1 Å². The first-order chi connectivity index (χ1) is 13.2. The van der Waals surface area contributed by atoms with Crippen molar-refractivity contribution in [2.45, 2.75) is 39.7 Å². The Balaban J connectivity index is 1.68. The molecule has 5 nitrogen and oxygen atoms in total. The van der Waals surface area contributed by atoms with Crippen molar-refractivity contribution in [3.63, 3.8) is 0 Å². The summed E-state index contributed by atoms with van der Waals surface area (Å²) >= 11 is 0. The molecule has 1 aliphatic rings. The van der Waals surface area contributed by atoms with Gasteiger partial charge in [0.15, 0.2) is 0 Å². The molecular weight excluding hydrogens is 354 g/mol. The monoisotopic (exact) mass is 377 g/mol. The highest BCUT2D eigenvalue weighted by atomic mass is 16.6. The average Bonchev–Trinajstić information content (AvgIpc) is 3.03. The van der Waals surface area contributed by atoms with Gasteiger partial charge in [0.1, 0.15) is 11.2 Å². The molecular formula is C23H23NO4. The van der Waals surface area contributed by atoms with Gasteiger partial charge in [0.2, 0.25) is 0 Å². The van der Waals surface area contributed by atoms with Crippen molar-refractivity contribution in [1.82, 2.24) is 0 Å². The number of nitrogens with zero attached hydrogens (tertiary/aromatic N) is 1. The summed E-state index contributed by atoms with van der Waals surface area (Å²) in [6.45, 7) is 8.11. The zero-order chi connectivity index (χ0) is 20.1. The number of aryl methyl sites for hydroxylation is 1. The van der Waals surface area contributed by atoms with E-state index in [2.05, 4.69) is 6.07 Å². The smallest absolute Gasteiger partial charge is 0.414 e. The molecule has 144 valence electrons. The molecule has 2 aromatic carbocycles. The summed E-state index contributed by atoms with van der Waals surface area (Å²) in [4.78, 5) is 25.8. The Hall–Kier alpha value is -3.08. The van der Waals surface area contributed by atoms with Gasteiger partial charge >= 0.3 is 11.7 Å². The Morgan fingerprint density at radius 1 is 1.07 bits per heavy atom. The van der Waals surface area contributed by atoms with Gasteiger partial charge in [0.25, 0.3) is 0 Å². The number of ether oxygens (including phenoxy) is 1. The van der Waals surface area contributed by atoms with Gasteiger partial charge in [-0.05, 0) is 74.6 Å². The Kier molecular flexibility index (Phi) is 4.26. The first-order valence-electron chi connectivity index (χ1n) is 9.40. The van der Waals surface area contributed by atoms with Crippen LogP contribution in [0.2, 0.25) is 0 Å². The largest absolute Gasteiger partial charge is 0.443 e. The topological polar surface area (TPSA) is 59.8 Å². The van der Waals surface area contributed by atoms with Crippen molar-refractivity contribution in [2.75, 3.05) is 11.4 Å². The van der Waals surface area contributed by atoms with E-state index in [1.807, 2.05) is 58.0 Å². The van der Waals surface area contributed by atoms with Crippen LogP contribution in [-0.2, 0) is 11.2 Å². The van der Waals surface area contributed by atoms with Crippen molar-refractivity contribution < 1.29 is 13.9 Å². The number of hydrogen-bond acceptors (Lipinski definition) is 4. The molecule has 1 amide bonds. The van der Waals surface area contributed by atoms with Crippen LogP contribution in [0, 0.1) is 6.92 Å². The number of carbonyl (C=O) groups is 1. The maximum atomic E-state index is 12.5. The predicted octanol–water partition coefficient (Wildman–Crippen LogP) is 5.07. The third-order valence-corrected chi connectivity index (χ3v) is 4.87. The molecule has 28 heavy (non-hydrogen) atoms. The van der Waals surface area contributed by atoms with Gasteiger partial charge in [0.05, 0.1) is 5.69 Å². The lowest BCUT2D eigenvalue weighted by molar-refractivity contribution is 0.0584. The Morgan fingerprint density at radius 2 is 1.79 bits per heavy atom. The van der Waals surface area contributed by atoms with Gasteiger partial charge in [-0.2, -0.15) is 0 Å². The van der Waals surface area contributed by atoms with E-state index in [4.69, 9.17) is 9.15 Å². The summed E-state index contributed by atoms with van der Waals surface area (Å²) < 4.78 is 10.9. The van der Waals surface area contributed by atoms with Crippen molar-refractivity contribution in [1.29, 1.82) is 0 Å². The second kappa shape index (κ2) is 6.51. The number of amides is 1. The predicted molar refractivity (Wildman–Crippen MR) is 110 cm³/mol. The van der Waals surface area contributed by atoms with E-state index in [0.29, 0.717) is 12.1 Å². The summed E-state index contributed by atoms with van der Waals surface area (Å²) in [5, 5.41) is 0.931. The van der Waals surface area contributed by atoms with Crippen LogP contribution < -0.4 is 10.5 Å². The number of rotatable bonds is 1. The molecule has 1 aliphatic heterocycles. The summed E-state index contributed by atoms with van der Waals surface area (Å²) in [5.41, 5.74) is 4.61. The maximum Gasteiger partial charge on any atom is 0.414 e. The molecule has 5 heteroatoms. The molecule has 0 saturated heterocycles. The van der Waals surface area contributed by atoms with Crippen LogP contribution in [0.4, 0.5) is 10.5 Å². The minimum atomic E-state index is -0.521. The molecule has 0 spiro atoms. The first-order valence-corrected chi connectivity index (χ1v) is 9.40. The highest BCUT2D eigenvalue weighted by Gasteiger charge is 2.29. The third-order valence-electron chi connectivity index (χ3n) is 4.87. The molecule has 0 fully saturated rings. The molecule has 2 heterocycles. The van der Waals surface area contributed by atoms with Gasteiger partial charge in [-0.1, -0.05) is 18.2 Å². The van der Waals surface area contributed by atoms with Gasteiger partial charge in [-0.25, -0.2) is 9.59 Å². The fraction of sp³-hybridized carbons (Fsp3) is 0.304. The minimum Gasteiger partial charge on any atom is -0.443 e. The van der Waals surface area contributed by atoms with Crippen LogP contribution >= 0.6 is 0 Å². The lowest BCUT2D eigenvalue weighted by atomic mass is 10.00. The Morgan fingerprint density at radius 3 is 2.54 bits per heavy atom. The van der Waals surface area contributed by atoms with Crippen LogP contribution in [-0.4, -0.2) is 18.2 Å². The molecule has 0 unspecified atom stereocenters. The quantitative estimate of drug-likeness (QED) is 0.556. The molecule has 0 atom stereocenters. The average molecular weight is 377 g/mol. The zero-order valence-electron chi connectivity index (χ0n) is 16.5. The van der Waals surface area contributed by atoms with Crippen LogP contribution in [0.15, 0.2) is 51.7 Å². The van der Waals surface area contributed by atoms with Gasteiger partial charge in [-0.15, -0.1) is 0 Å². The summed E-state index contributed by atoms with van der Waals surface area (Å²) in [6.07, 6.45) is 0.464. The number of carbonyl (C=O) groups excluding carboxylic acids is 1. The van der Waals surface area contributed by atoms with Crippen LogP contribution in [0.1, 0.15) is 31.9 Å². The first kappa shape index (κ1) is 18.3. The third kappa shape index (κ3) is 3.40. The van der Waals surface area contributed by atoms with Crippen molar-refractivity contribution in [3.05, 3.63) is 64.0 Å². The second-order valence-electron chi connectivity index (χ2n) is 8.18. The Labute approximate surface area is 163 Å². The van der Waals surface area contributed by atoms with Crippen LogP contribution in [0.5, 0.6) is 0 Å². The molecule has 0 radical (unpaired) electrons. The van der Waals surface area contributed by atoms with E-state index < -0.39 is 5.60 Å². The molecule has 3 aromatic rings. The lowest BCUT2D eigenvalue weighted by Gasteiger charge is -2.24. The summed E-state index contributed by atoms with van der Waals surface area (Å²) in [7, 11) is 0. The van der Waals surface area contributed by atoms with Gasteiger partial charge < -0.3 is 9.15 Å². The van der Waals surface area contributed by atoms with Gasteiger partial charge in [0, 0.05) is 18.0 Å². The second-order valence-corrected chi connectivity index (χ2v) is 8.18. The molecule has 0 N–H and O–H groups in total. The number of anilines is 1. The van der Waals surface area contributed by atoms with E-state index in [9.17, 15) is 9.59 Å². The summed E-state index contributed by atoms with van der Waals surface area (Å²) in [5.74, 6) is 0. The molecule has 0 aliphatic carbocycles. The lowest BCUT2D eigenvalue weighted by Crippen LogP contribution is -2.35. The SMILES string of the molecule is Cc1cc(=O)oc2cc(-c3ccc4c(c3)CCN4C(=O)OC(C)(C)C)ccc12.